The molecule has 3 heteroatoms. The van der Waals surface area contributed by atoms with E-state index in [4.69, 9.17) is 9.84 Å². The van der Waals surface area contributed by atoms with Crippen LogP contribution in [0.3, 0.4) is 0 Å². The SMILES string of the molecule is CC(C)(C)c1ccc(C2=NNC(c3ccc(-c4ccccc4)cc3)(c3ccc(-c4ccccc4)cc3)O2)cc1. The van der Waals surface area contributed by atoms with Crippen LogP contribution in [-0.4, -0.2) is 5.90 Å². The summed E-state index contributed by atoms with van der Waals surface area (Å²) in [7, 11) is 0. The molecule has 1 heterocycles. The molecule has 0 spiro atoms. The summed E-state index contributed by atoms with van der Waals surface area (Å²) >= 11 is 0. The zero-order valence-corrected chi connectivity index (χ0v) is 22.6. The average Bonchev–Trinajstić information content (AvgIpc) is 3.45. The monoisotopic (exact) mass is 508 g/mol. The number of nitrogens with zero attached hydrogens (tertiary/aromatic N) is 1. The average molecular weight is 509 g/mol. The molecule has 5 aromatic rings. The van der Waals surface area contributed by atoms with Crippen molar-refractivity contribution in [1.82, 2.24) is 5.43 Å². The van der Waals surface area contributed by atoms with Gasteiger partial charge in [0.1, 0.15) is 0 Å². The zero-order valence-electron chi connectivity index (χ0n) is 22.6. The van der Waals surface area contributed by atoms with Crippen LogP contribution in [0.2, 0.25) is 0 Å². The molecule has 0 bridgehead atoms. The largest absolute Gasteiger partial charge is 0.439 e. The second-order valence-electron chi connectivity index (χ2n) is 11.0. The van der Waals surface area contributed by atoms with E-state index >= 15 is 0 Å². The molecule has 5 aromatic carbocycles. The van der Waals surface area contributed by atoms with Gasteiger partial charge in [-0.05, 0) is 45.4 Å². The van der Waals surface area contributed by atoms with Crippen molar-refractivity contribution >= 4 is 5.90 Å². The molecule has 1 aliphatic heterocycles. The normalized spacial score (nSPS) is 14.3. The lowest BCUT2D eigenvalue weighted by molar-refractivity contribution is 0.0914. The molecule has 192 valence electrons. The summed E-state index contributed by atoms with van der Waals surface area (Å²) in [5.41, 5.74) is 11.4. The Hall–Kier alpha value is -4.63. The highest BCUT2D eigenvalue weighted by Crippen LogP contribution is 2.38. The summed E-state index contributed by atoms with van der Waals surface area (Å²) in [6.07, 6.45) is 0. The third kappa shape index (κ3) is 4.84. The van der Waals surface area contributed by atoms with E-state index in [-0.39, 0.29) is 5.41 Å². The van der Waals surface area contributed by atoms with Gasteiger partial charge in [0.25, 0.3) is 0 Å². The number of hydrogen-bond acceptors (Lipinski definition) is 3. The minimum absolute atomic E-state index is 0.0832. The van der Waals surface area contributed by atoms with Gasteiger partial charge in [-0.3, -0.25) is 5.43 Å². The fourth-order valence-electron chi connectivity index (χ4n) is 5.03. The molecule has 6 rings (SSSR count). The Morgan fingerprint density at radius 2 is 0.923 bits per heavy atom. The van der Waals surface area contributed by atoms with E-state index in [2.05, 4.69) is 148 Å². The van der Waals surface area contributed by atoms with E-state index in [0.717, 1.165) is 27.8 Å². The lowest BCUT2D eigenvalue weighted by atomic mass is 9.87. The number of hydrogen-bond donors (Lipinski definition) is 1. The van der Waals surface area contributed by atoms with Gasteiger partial charge in [-0.25, -0.2) is 0 Å². The molecule has 1 aliphatic rings. The summed E-state index contributed by atoms with van der Waals surface area (Å²) in [6, 6.07) is 46.4. The van der Waals surface area contributed by atoms with E-state index in [0.29, 0.717) is 5.90 Å². The second kappa shape index (κ2) is 9.92. The Balaban J connectivity index is 1.37. The van der Waals surface area contributed by atoms with Crippen molar-refractivity contribution in [3.05, 3.63) is 156 Å². The molecule has 3 nitrogen and oxygen atoms in total. The predicted octanol–water partition coefficient (Wildman–Crippen LogP) is 8.50. The quantitative estimate of drug-likeness (QED) is 0.258. The van der Waals surface area contributed by atoms with Crippen LogP contribution in [0.25, 0.3) is 22.3 Å². The number of nitrogens with one attached hydrogen (secondary N) is 1. The van der Waals surface area contributed by atoms with Crippen LogP contribution in [0.5, 0.6) is 0 Å². The van der Waals surface area contributed by atoms with Gasteiger partial charge in [0, 0.05) is 16.7 Å². The van der Waals surface area contributed by atoms with Gasteiger partial charge in [-0.1, -0.05) is 142 Å². The Kier molecular flexibility index (Phi) is 6.28. The zero-order chi connectivity index (χ0) is 26.9. The van der Waals surface area contributed by atoms with Gasteiger partial charge < -0.3 is 4.74 Å². The molecule has 1 N–H and O–H groups in total. The molecule has 0 aromatic heterocycles. The highest BCUT2D eigenvalue weighted by Gasteiger charge is 2.42. The van der Waals surface area contributed by atoms with Crippen molar-refractivity contribution in [3.63, 3.8) is 0 Å². The van der Waals surface area contributed by atoms with Crippen LogP contribution in [0.1, 0.15) is 43.0 Å². The molecule has 0 aliphatic carbocycles. The molecule has 0 unspecified atom stereocenters. The van der Waals surface area contributed by atoms with E-state index in [9.17, 15) is 0 Å². The van der Waals surface area contributed by atoms with Gasteiger partial charge in [0.2, 0.25) is 11.6 Å². The smallest absolute Gasteiger partial charge is 0.249 e. The van der Waals surface area contributed by atoms with Gasteiger partial charge >= 0.3 is 0 Å². The molecule has 0 saturated heterocycles. The van der Waals surface area contributed by atoms with Crippen molar-refractivity contribution in [2.45, 2.75) is 31.9 Å². The highest BCUT2D eigenvalue weighted by molar-refractivity contribution is 5.95. The number of hydrazone groups is 1. The predicted molar refractivity (Wildman–Crippen MR) is 160 cm³/mol. The van der Waals surface area contributed by atoms with Gasteiger partial charge in [-0.15, -0.1) is 5.10 Å². The summed E-state index contributed by atoms with van der Waals surface area (Å²) < 4.78 is 6.76. The van der Waals surface area contributed by atoms with E-state index in [1.54, 1.807) is 0 Å². The molecule has 0 radical (unpaired) electrons. The topological polar surface area (TPSA) is 33.6 Å². The minimum Gasteiger partial charge on any atom is -0.439 e. The van der Waals surface area contributed by atoms with Crippen LogP contribution in [0, 0.1) is 0 Å². The Bertz CT molecular complexity index is 1500. The van der Waals surface area contributed by atoms with E-state index in [1.165, 1.54) is 16.7 Å². The first-order valence-corrected chi connectivity index (χ1v) is 13.4. The molecule has 0 fully saturated rings. The first-order chi connectivity index (χ1) is 18.9. The van der Waals surface area contributed by atoms with Crippen molar-refractivity contribution < 1.29 is 4.74 Å². The fourth-order valence-corrected chi connectivity index (χ4v) is 5.03. The first kappa shape index (κ1) is 24.7. The van der Waals surface area contributed by atoms with Gasteiger partial charge in [0.05, 0.1) is 0 Å². The first-order valence-electron chi connectivity index (χ1n) is 13.4. The van der Waals surface area contributed by atoms with E-state index in [1.807, 2.05) is 12.1 Å². The number of rotatable bonds is 5. The minimum atomic E-state index is -0.942. The molecule has 0 amide bonds. The summed E-state index contributed by atoms with van der Waals surface area (Å²) in [4.78, 5) is 0. The molecule has 0 saturated carbocycles. The Labute approximate surface area is 230 Å². The third-order valence-corrected chi connectivity index (χ3v) is 7.36. The van der Waals surface area contributed by atoms with Crippen LogP contribution >= 0.6 is 0 Å². The maximum absolute atomic E-state index is 6.76. The van der Waals surface area contributed by atoms with Crippen LogP contribution in [0.4, 0.5) is 0 Å². The molecule has 39 heavy (non-hydrogen) atoms. The highest BCUT2D eigenvalue weighted by atomic mass is 16.5. The molecular weight excluding hydrogens is 476 g/mol. The maximum atomic E-state index is 6.76. The summed E-state index contributed by atoms with van der Waals surface area (Å²) in [5.74, 6) is 0.578. The van der Waals surface area contributed by atoms with Crippen LogP contribution in [-0.2, 0) is 15.9 Å². The summed E-state index contributed by atoms with van der Waals surface area (Å²) in [6.45, 7) is 6.66. The third-order valence-electron chi connectivity index (χ3n) is 7.36. The van der Waals surface area contributed by atoms with E-state index < -0.39 is 5.72 Å². The van der Waals surface area contributed by atoms with Crippen molar-refractivity contribution in [2.75, 3.05) is 0 Å². The summed E-state index contributed by atoms with van der Waals surface area (Å²) in [5, 5.41) is 4.71. The van der Waals surface area contributed by atoms with Crippen LogP contribution < -0.4 is 5.43 Å². The lowest BCUT2D eigenvalue weighted by Crippen LogP contribution is -2.39. The Morgan fingerprint density at radius 3 is 1.36 bits per heavy atom. The van der Waals surface area contributed by atoms with Crippen LogP contribution in [0.15, 0.2) is 139 Å². The maximum Gasteiger partial charge on any atom is 0.249 e. The second-order valence-corrected chi connectivity index (χ2v) is 11.0. The molecule has 0 atom stereocenters. The lowest BCUT2D eigenvalue weighted by Gasteiger charge is -2.30. The fraction of sp³-hybridized carbons (Fsp3) is 0.139. The number of benzene rings is 5. The Morgan fingerprint density at radius 1 is 0.513 bits per heavy atom. The van der Waals surface area contributed by atoms with Crippen molar-refractivity contribution in [3.8, 4) is 22.3 Å². The standard InChI is InChI=1S/C36H32N2O/c1-35(2,3)31-20-18-30(19-21-31)34-37-38-36(39-34,32-22-14-28(15-23-32)26-10-6-4-7-11-26)33-24-16-29(17-25-33)27-12-8-5-9-13-27/h4-25,38H,1-3H3. The van der Waals surface area contributed by atoms with Crippen molar-refractivity contribution in [1.29, 1.82) is 0 Å². The van der Waals surface area contributed by atoms with Gasteiger partial charge in [0.15, 0.2) is 0 Å². The van der Waals surface area contributed by atoms with Gasteiger partial charge in [-0.2, -0.15) is 0 Å². The van der Waals surface area contributed by atoms with Crippen molar-refractivity contribution in [2.24, 2.45) is 5.10 Å². The number of ether oxygens (including phenoxy) is 1. The molecular formula is C36H32N2O.